The van der Waals surface area contributed by atoms with Gasteiger partial charge in [0.05, 0.1) is 17.6 Å². The third-order valence-corrected chi connectivity index (χ3v) is 3.88. The molecule has 1 aromatic carbocycles. The molecular weight excluding hydrogens is 218 g/mol. The highest BCUT2D eigenvalue weighted by Crippen LogP contribution is 2.40. The number of ether oxygens (including phenoxy) is 1. The smallest absolute Gasteiger partial charge is 0.214 e. The number of methoxy groups -OCH3 is 1. The summed E-state index contributed by atoms with van der Waals surface area (Å²) in [5.74, 6) is 1.92. The van der Waals surface area contributed by atoms with E-state index in [1.807, 2.05) is 23.9 Å². The molecule has 1 aliphatic rings. The van der Waals surface area contributed by atoms with Gasteiger partial charge in [-0.3, -0.25) is 0 Å². The average Bonchev–Trinajstić information content (AvgIpc) is 2.37. The minimum atomic E-state index is 0.948. The molecule has 80 valence electrons. The summed E-state index contributed by atoms with van der Waals surface area (Å²) in [6, 6.07) is 12.5. The number of benzene rings is 1. The van der Waals surface area contributed by atoms with Gasteiger partial charge in [-0.05, 0) is 18.2 Å². The number of hydrogen-bond acceptors (Lipinski definition) is 2. The van der Waals surface area contributed by atoms with Crippen LogP contribution in [0.3, 0.4) is 0 Å². The van der Waals surface area contributed by atoms with Crippen molar-refractivity contribution in [3.8, 4) is 17.0 Å². The van der Waals surface area contributed by atoms with Crippen LogP contribution in [-0.4, -0.2) is 7.11 Å². The van der Waals surface area contributed by atoms with Gasteiger partial charge in [-0.15, -0.1) is 0 Å². The van der Waals surface area contributed by atoms with Crippen molar-refractivity contribution < 1.29 is 9.30 Å². The normalized spacial score (nSPS) is 12.8. The molecule has 0 atom stereocenters. The molecule has 0 bridgehead atoms. The molecule has 3 heteroatoms. The molecule has 0 aliphatic carbocycles. The van der Waals surface area contributed by atoms with E-state index in [1.165, 1.54) is 16.2 Å². The highest BCUT2D eigenvalue weighted by atomic mass is 32.2. The summed E-state index contributed by atoms with van der Waals surface area (Å²) >= 11 is 1.82. The first kappa shape index (κ1) is 9.73. The van der Waals surface area contributed by atoms with E-state index in [0.29, 0.717) is 0 Å². The van der Waals surface area contributed by atoms with Gasteiger partial charge in [0.15, 0.2) is 12.1 Å². The van der Waals surface area contributed by atoms with E-state index in [1.54, 1.807) is 7.11 Å². The minimum Gasteiger partial charge on any atom is -0.496 e. The lowest BCUT2D eigenvalue weighted by atomic mass is 10.1. The summed E-state index contributed by atoms with van der Waals surface area (Å²) in [5.41, 5.74) is 2.52. The number of hydrogen-bond donors (Lipinski definition) is 0. The second kappa shape index (κ2) is 3.83. The zero-order valence-electron chi connectivity index (χ0n) is 9.01. The molecule has 0 N–H and O–H groups in total. The average molecular weight is 230 g/mol. The molecule has 0 radical (unpaired) electrons. The van der Waals surface area contributed by atoms with Crippen molar-refractivity contribution in [2.24, 2.45) is 0 Å². The van der Waals surface area contributed by atoms with Crippen LogP contribution in [0.2, 0.25) is 0 Å². The molecule has 2 heterocycles. The molecule has 2 aromatic rings. The first-order valence-electron chi connectivity index (χ1n) is 5.19. The zero-order chi connectivity index (χ0) is 11.0. The number of rotatable bonds is 1. The van der Waals surface area contributed by atoms with E-state index in [9.17, 15) is 0 Å². The van der Waals surface area contributed by atoms with Crippen LogP contribution in [0.1, 0.15) is 0 Å². The van der Waals surface area contributed by atoms with Gasteiger partial charge in [0, 0.05) is 12.1 Å². The van der Waals surface area contributed by atoms with Crippen molar-refractivity contribution in [3.63, 3.8) is 0 Å². The number of nitrogens with zero attached hydrogens (tertiary/aromatic N) is 1. The molecule has 1 aliphatic heterocycles. The molecule has 3 rings (SSSR count). The van der Waals surface area contributed by atoms with Crippen molar-refractivity contribution in [2.75, 3.05) is 7.11 Å². The fourth-order valence-electron chi connectivity index (χ4n) is 1.99. The summed E-state index contributed by atoms with van der Waals surface area (Å²) in [4.78, 5) is 1.25. The van der Waals surface area contributed by atoms with E-state index >= 15 is 0 Å². The fraction of sp³-hybridized carbons (Fsp3) is 0.154. The monoisotopic (exact) mass is 230 g/mol. The van der Waals surface area contributed by atoms with Gasteiger partial charge in [-0.1, -0.05) is 17.8 Å². The van der Waals surface area contributed by atoms with Crippen LogP contribution in [0, 0.1) is 0 Å². The highest BCUT2D eigenvalue weighted by Gasteiger charge is 2.24. The van der Waals surface area contributed by atoms with Crippen LogP contribution in [0.15, 0.2) is 47.5 Å². The Morgan fingerprint density at radius 1 is 1.19 bits per heavy atom. The number of pyridine rings is 1. The van der Waals surface area contributed by atoms with Crippen molar-refractivity contribution in [3.05, 3.63) is 42.6 Å². The van der Waals surface area contributed by atoms with Gasteiger partial charge in [0.25, 0.3) is 0 Å². The molecule has 0 unspecified atom stereocenters. The fourth-order valence-corrected chi connectivity index (χ4v) is 3.11. The van der Waals surface area contributed by atoms with Crippen molar-refractivity contribution in [1.82, 2.24) is 0 Å². The molecule has 0 fully saturated rings. The summed E-state index contributed by atoms with van der Waals surface area (Å²) in [7, 11) is 1.73. The predicted octanol–water partition coefficient (Wildman–Crippen LogP) is 2.71. The summed E-state index contributed by atoms with van der Waals surface area (Å²) in [6.45, 7) is 0. The maximum absolute atomic E-state index is 5.40. The van der Waals surface area contributed by atoms with Gasteiger partial charge in [-0.25, -0.2) is 0 Å². The van der Waals surface area contributed by atoms with E-state index in [-0.39, 0.29) is 0 Å². The van der Waals surface area contributed by atoms with Crippen molar-refractivity contribution in [1.29, 1.82) is 0 Å². The molecule has 0 saturated heterocycles. The van der Waals surface area contributed by atoms with E-state index in [0.717, 1.165) is 11.6 Å². The number of fused-ring (bicyclic) bond motifs is 3. The first-order chi connectivity index (χ1) is 7.90. The molecule has 16 heavy (non-hydrogen) atoms. The summed E-state index contributed by atoms with van der Waals surface area (Å²) in [5, 5.41) is 0. The SMILES string of the molecule is COc1cccc2c1SC[n+]1ccccc1-2. The molecular formula is C13H12NOS+. The van der Waals surface area contributed by atoms with E-state index < -0.39 is 0 Å². The number of thioether (sulfide) groups is 1. The van der Waals surface area contributed by atoms with Gasteiger partial charge >= 0.3 is 0 Å². The molecule has 0 amide bonds. The van der Waals surface area contributed by atoms with Crippen LogP contribution >= 0.6 is 11.8 Å². The Bertz CT molecular complexity index is 539. The van der Waals surface area contributed by atoms with Crippen LogP contribution in [0.4, 0.5) is 0 Å². The quantitative estimate of drug-likeness (QED) is 0.699. The van der Waals surface area contributed by atoms with Gasteiger partial charge in [0.2, 0.25) is 5.69 Å². The van der Waals surface area contributed by atoms with E-state index in [2.05, 4.69) is 35.0 Å². The van der Waals surface area contributed by atoms with Crippen molar-refractivity contribution in [2.45, 2.75) is 10.8 Å². The minimum absolute atomic E-state index is 0.948. The largest absolute Gasteiger partial charge is 0.496 e. The van der Waals surface area contributed by atoms with Crippen LogP contribution in [0.5, 0.6) is 5.75 Å². The summed E-state index contributed by atoms with van der Waals surface area (Å²) in [6.07, 6.45) is 2.12. The molecule has 0 spiro atoms. The van der Waals surface area contributed by atoms with Crippen LogP contribution in [-0.2, 0) is 5.88 Å². The second-order valence-corrected chi connectivity index (χ2v) is 4.62. The molecule has 2 nitrogen and oxygen atoms in total. The topological polar surface area (TPSA) is 13.1 Å². The number of aromatic nitrogens is 1. The maximum Gasteiger partial charge on any atom is 0.214 e. The van der Waals surface area contributed by atoms with Crippen LogP contribution in [0.25, 0.3) is 11.3 Å². The third kappa shape index (κ3) is 1.39. The third-order valence-electron chi connectivity index (χ3n) is 2.76. The van der Waals surface area contributed by atoms with Gasteiger partial charge in [-0.2, -0.15) is 4.57 Å². The first-order valence-corrected chi connectivity index (χ1v) is 6.17. The Hall–Kier alpha value is -1.48. The Kier molecular flexibility index (Phi) is 2.33. The molecule has 0 saturated carbocycles. The molecule has 1 aromatic heterocycles. The van der Waals surface area contributed by atoms with Crippen molar-refractivity contribution >= 4 is 11.8 Å². The van der Waals surface area contributed by atoms with Gasteiger partial charge in [0.1, 0.15) is 5.75 Å². The zero-order valence-corrected chi connectivity index (χ0v) is 9.83. The Morgan fingerprint density at radius 3 is 3.00 bits per heavy atom. The Balaban J connectivity index is 2.25. The highest BCUT2D eigenvalue weighted by molar-refractivity contribution is 7.98. The summed E-state index contributed by atoms with van der Waals surface area (Å²) < 4.78 is 7.65. The standard InChI is InChI=1S/C13H12NOS/c1-15-12-7-4-5-10-11-6-2-3-8-14(11)9-16-13(10)12/h2-8H,9H2,1H3/q+1. The maximum atomic E-state index is 5.40. The Morgan fingerprint density at radius 2 is 2.12 bits per heavy atom. The lowest BCUT2D eigenvalue weighted by molar-refractivity contribution is -0.665. The predicted molar refractivity (Wildman–Crippen MR) is 64.5 cm³/mol. The second-order valence-electron chi connectivity index (χ2n) is 3.67. The van der Waals surface area contributed by atoms with E-state index in [4.69, 9.17) is 4.74 Å². The Labute approximate surface area is 98.9 Å². The van der Waals surface area contributed by atoms with Crippen LogP contribution < -0.4 is 9.30 Å². The lowest BCUT2D eigenvalue weighted by Gasteiger charge is -2.16. The lowest BCUT2D eigenvalue weighted by Crippen LogP contribution is -2.36. The van der Waals surface area contributed by atoms with Gasteiger partial charge < -0.3 is 4.74 Å².